The number of amides is 1. The van der Waals surface area contributed by atoms with Crippen LogP contribution in [0.3, 0.4) is 0 Å². The Bertz CT molecular complexity index is 483. The van der Waals surface area contributed by atoms with Gasteiger partial charge in [-0.2, -0.15) is 11.8 Å². The summed E-state index contributed by atoms with van der Waals surface area (Å²) in [6, 6.07) is 0. The van der Waals surface area contributed by atoms with Crippen molar-refractivity contribution in [3.8, 4) is 0 Å². The second-order valence-corrected chi connectivity index (χ2v) is 6.42. The molecule has 0 spiro atoms. The van der Waals surface area contributed by atoms with Gasteiger partial charge in [-0.1, -0.05) is 6.92 Å². The number of nitrogens with one attached hydrogen (secondary N) is 1. The van der Waals surface area contributed by atoms with Crippen molar-refractivity contribution in [3.05, 3.63) is 16.0 Å². The molecule has 0 radical (unpaired) electrons. The van der Waals surface area contributed by atoms with Gasteiger partial charge in [-0.05, 0) is 32.1 Å². The van der Waals surface area contributed by atoms with Crippen LogP contribution < -0.4 is 5.32 Å². The Morgan fingerprint density at radius 2 is 2.05 bits per heavy atom. The molecule has 0 aliphatic heterocycles. The highest BCUT2D eigenvalue weighted by Crippen LogP contribution is 2.34. The fourth-order valence-corrected chi connectivity index (χ4v) is 3.43. The number of aryl methyl sites for hydroxylation is 1. The lowest BCUT2D eigenvalue weighted by Crippen LogP contribution is -2.15. The molecule has 20 heavy (non-hydrogen) atoms. The normalized spacial score (nSPS) is 10.4. The average molecular weight is 315 g/mol. The minimum absolute atomic E-state index is 0.0613. The third kappa shape index (κ3) is 4.24. The Balaban J connectivity index is 3.00. The minimum atomic E-state index is -0.353. The van der Waals surface area contributed by atoms with Crippen molar-refractivity contribution in [2.75, 3.05) is 23.9 Å². The van der Waals surface area contributed by atoms with E-state index in [-0.39, 0.29) is 11.9 Å². The number of thiophene rings is 1. The molecule has 0 unspecified atom stereocenters. The van der Waals surface area contributed by atoms with Gasteiger partial charge in [0.15, 0.2) is 0 Å². The molecule has 1 rings (SSSR count). The molecule has 0 aliphatic carbocycles. The van der Waals surface area contributed by atoms with Crippen LogP contribution in [0.2, 0.25) is 0 Å². The van der Waals surface area contributed by atoms with Gasteiger partial charge >= 0.3 is 5.97 Å². The van der Waals surface area contributed by atoms with Gasteiger partial charge in [0.2, 0.25) is 5.91 Å². The Morgan fingerprint density at radius 1 is 1.35 bits per heavy atom. The summed E-state index contributed by atoms with van der Waals surface area (Å²) in [5, 5.41) is 3.46. The van der Waals surface area contributed by atoms with E-state index in [1.165, 1.54) is 11.3 Å². The maximum absolute atomic E-state index is 12.1. The summed E-state index contributed by atoms with van der Waals surface area (Å²) in [6.45, 7) is 6.07. The first-order valence-corrected chi connectivity index (χ1v) is 8.84. The zero-order valence-corrected chi connectivity index (χ0v) is 14.0. The summed E-state index contributed by atoms with van der Waals surface area (Å²) in [6.07, 6.45) is 3.15. The van der Waals surface area contributed by atoms with E-state index in [1.807, 2.05) is 20.1 Å². The van der Waals surface area contributed by atoms with E-state index >= 15 is 0 Å². The topological polar surface area (TPSA) is 55.4 Å². The second kappa shape index (κ2) is 8.32. The molecule has 1 amide bonds. The van der Waals surface area contributed by atoms with Gasteiger partial charge in [-0.15, -0.1) is 11.3 Å². The van der Waals surface area contributed by atoms with Crippen molar-refractivity contribution >= 4 is 40.0 Å². The van der Waals surface area contributed by atoms with Gasteiger partial charge in [-0.25, -0.2) is 4.79 Å². The van der Waals surface area contributed by atoms with Crippen molar-refractivity contribution in [1.29, 1.82) is 0 Å². The maximum atomic E-state index is 12.1. The Kier molecular flexibility index (Phi) is 7.09. The van der Waals surface area contributed by atoms with Gasteiger partial charge in [0.25, 0.3) is 0 Å². The highest BCUT2D eigenvalue weighted by molar-refractivity contribution is 7.98. The quantitative estimate of drug-likeness (QED) is 0.783. The SMILES string of the molecule is CCOC(=O)c1c(NC(=O)CCSC)sc(C)c1CC. The highest BCUT2D eigenvalue weighted by Gasteiger charge is 2.23. The van der Waals surface area contributed by atoms with Crippen LogP contribution in [0.15, 0.2) is 0 Å². The van der Waals surface area contributed by atoms with Crippen molar-refractivity contribution in [2.45, 2.75) is 33.6 Å². The first-order chi connectivity index (χ1) is 9.54. The summed E-state index contributed by atoms with van der Waals surface area (Å²) in [4.78, 5) is 25.0. The van der Waals surface area contributed by atoms with E-state index in [0.29, 0.717) is 23.6 Å². The average Bonchev–Trinajstić information content (AvgIpc) is 2.72. The van der Waals surface area contributed by atoms with Gasteiger partial charge < -0.3 is 10.1 Å². The van der Waals surface area contributed by atoms with Gasteiger partial charge in [0.05, 0.1) is 12.2 Å². The summed E-state index contributed by atoms with van der Waals surface area (Å²) in [7, 11) is 0. The molecule has 0 bridgehead atoms. The molecule has 1 aromatic heterocycles. The van der Waals surface area contributed by atoms with Crippen molar-refractivity contribution < 1.29 is 14.3 Å². The summed E-state index contributed by atoms with van der Waals surface area (Å²) >= 11 is 3.06. The van der Waals surface area contributed by atoms with Crippen molar-refractivity contribution in [1.82, 2.24) is 0 Å². The fourth-order valence-electron chi connectivity index (χ4n) is 1.90. The highest BCUT2D eigenvalue weighted by atomic mass is 32.2. The molecule has 0 saturated carbocycles. The summed E-state index contributed by atoms with van der Waals surface area (Å²) < 4.78 is 5.10. The van der Waals surface area contributed by atoms with Crippen LogP contribution in [0.4, 0.5) is 5.00 Å². The number of carbonyl (C=O) groups excluding carboxylic acids is 2. The minimum Gasteiger partial charge on any atom is -0.462 e. The lowest BCUT2D eigenvalue weighted by atomic mass is 10.1. The van der Waals surface area contributed by atoms with Gasteiger partial charge in [0.1, 0.15) is 5.00 Å². The fraction of sp³-hybridized carbons (Fsp3) is 0.571. The molecule has 1 heterocycles. The number of hydrogen-bond acceptors (Lipinski definition) is 5. The number of esters is 1. The number of ether oxygens (including phenoxy) is 1. The van der Waals surface area contributed by atoms with Crippen molar-refractivity contribution in [3.63, 3.8) is 0 Å². The number of rotatable bonds is 7. The largest absolute Gasteiger partial charge is 0.462 e. The number of hydrogen-bond donors (Lipinski definition) is 1. The molecule has 1 N–H and O–H groups in total. The molecule has 1 aromatic rings. The predicted octanol–water partition coefficient (Wildman–Crippen LogP) is 3.49. The molecule has 112 valence electrons. The molecule has 0 aromatic carbocycles. The molecular weight excluding hydrogens is 294 g/mol. The van der Waals surface area contributed by atoms with E-state index in [2.05, 4.69) is 5.32 Å². The van der Waals surface area contributed by atoms with Crippen LogP contribution in [-0.4, -0.2) is 30.5 Å². The molecule has 0 aliphatic rings. The lowest BCUT2D eigenvalue weighted by molar-refractivity contribution is -0.115. The zero-order valence-electron chi connectivity index (χ0n) is 12.4. The Morgan fingerprint density at radius 3 is 2.60 bits per heavy atom. The van der Waals surface area contributed by atoms with E-state index in [4.69, 9.17) is 4.74 Å². The van der Waals surface area contributed by atoms with Crippen LogP contribution in [0.1, 0.15) is 41.1 Å². The molecule has 6 heteroatoms. The van der Waals surface area contributed by atoms with Crippen LogP contribution in [0.5, 0.6) is 0 Å². The van der Waals surface area contributed by atoms with E-state index in [1.54, 1.807) is 18.7 Å². The zero-order chi connectivity index (χ0) is 15.1. The first kappa shape index (κ1) is 17.0. The van der Waals surface area contributed by atoms with E-state index < -0.39 is 0 Å². The smallest absolute Gasteiger partial charge is 0.341 e. The third-order valence-corrected chi connectivity index (χ3v) is 4.50. The monoisotopic (exact) mass is 315 g/mol. The number of carbonyl (C=O) groups is 2. The first-order valence-electron chi connectivity index (χ1n) is 6.63. The molecule has 4 nitrogen and oxygen atoms in total. The summed E-state index contributed by atoms with van der Waals surface area (Å²) in [5.74, 6) is 0.355. The molecule has 0 atom stereocenters. The predicted molar refractivity (Wildman–Crippen MR) is 86.0 cm³/mol. The Labute approximate surface area is 128 Å². The molecule has 0 fully saturated rings. The van der Waals surface area contributed by atoms with Gasteiger partial charge in [-0.3, -0.25) is 4.79 Å². The van der Waals surface area contributed by atoms with Gasteiger partial charge in [0, 0.05) is 17.1 Å². The number of anilines is 1. The lowest BCUT2D eigenvalue weighted by Gasteiger charge is -2.07. The summed E-state index contributed by atoms with van der Waals surface area (Å²) in [5.41, 5.74) is 1.49. The second-order valence-electron chi connectivity index (χ2n) is 4.21. The van der Waals surface area contributed by atoms with Crippen LogP contribution in [0.25, 0.3) is 0 Å². The molecule has 0 saturated heterocycles. The maximum Gasteiger partial charge on any atom is 0.341 e. The third-order valence-electron chi connectivity index (χ3n) is 2.83. The molecular formula is C14H21NO3S2. The van der Waals surface area contributed by atoms with Crippen LogP contribution >= 0.6 is 23.1 Å². The standard InChI is InChI=1S/C14H21NO3S2/c1-5-10-9(3)20-13(12(10)14(17)18-6-2)15-11(16)7-8-19-4/h5-8H2,1-4H3,(H,15,16). The van der Waals surface area contributed by atoms with E-state index in [9.17, 15) is 9.59 Å². The van der Waals surface area contributed by atoms with Crippen molar-refractivity contribution in [2.24, 2.45) is 0 Å². The number of thioether (sulfide) groups is 1. The van der Waals surface area contributed by atoms with Crippen LogP contribution in [0, 0.1) is 6.92 Å². The van der Waals surface area contributed by atoms with Crippen LogP contribution in [-0.2, 0) is 16.0 Å². The van der Waals surface area contributed by atoms with E-state index in [0.717, 1.165) is 22.6 Å². The Hall–Kier alpha value is -1.01.